The number of amides is 2. The molecular formula is C27H23ClN2O5. The molecule has 5 rings (SSSR count). The topological polar surface area (TPSA) is 95.9 Å². The molecular weight excluding hydrogens is 468 g/mol. The van der Waals surface area contributed by atoms with Crippen molar-refractivity contribution in [2.75, 3.05) is 12.0 Å². The van der Waals surface area contributed by atoms with Crippen molar-refractivity contribution in [2.24, 2.45) is 11.8 Å². The number of benzene rings is 3. The third-order valence-corrected chi connectivity index (χ3v) is 7.27. The van der Waals surface area contributed by atoms with Gasteiger partial charge in [0.2, 0.25) is 11.8 Å². The Labute approximate surface area is 207 Å². The number of hydrogen-bond acceptors (Lipinski definition) is 5. The Balaban J connectivity index is 1.69. The number of fused-ring (bicyclic) bond motifs is 1. The van der Waals surface area contributed by atoms with Crippen molar-refractivity contribution in [1.29, 1.82) is 0 Å². The van der Waals surface area contributed by atoms with Gasteiger partial charge in [-0.1, -0.05) is 72.3 Å². The van der Waals surface area contributed by atoms with Crippen molar-refractivity contribution >= 4 is 35.1 Å². The molecule has 0 spiro atoms. The van der Waals surface area contributed by atoms with Crippen LogP contribution in [0.2, 0.25) is 5.02 Å². The van der Waals surface area contributed by atoms with Crippen molar-refractivity contribution in [2.45, 2.75) is 18.0 Å². The van der Waals surface area contributed by atoms with Crippen molar-refractivity contribution in [1.82, 2.24) is 5.32 Å². The van der Waals surface area contributed by atoms with Crippen molar-refractivity contribution < 1.29 is 24.2 Å². The highest BCUT2D eigenvalue weighted by molar-refractivity contribution is 6.31. The van der Waals surface area contributed by atoms with E-state index in [1.54, 1.807) is 48.5 Å². The lowest BCUT2D eigenvalue weighted by Gasteiger charge is -2.31. The molecule has 0 unspecified atom stereocenters. The second-order valence-electron chi connectivity index (χ2n) is 8.77. The fourth-order valence-electron chi connectivity index (χ4n) is 5.40. The first-order chi connectivity index (χ1) is 16.9. The SMILES string of the molecule is COc1ccccc1N1C(=O)[C@H]2[C@@H](C1=O)[C@](Cc1ccccc1)(C(=O)O)N[C@H]2c1ccccc1Cl. The summed E-state index contributed by atoms with van der Waals surface area (Å²) in [5.74, 6) is -4.04. The van der Waals surface area contributed by atoms with E-state index in [1.165, 1.54) is 7.11 Å². The Morgan fingerprint density at radius 2 is 1.66 bits per heavy atom. The van der Waals surface area contributed by atoms with Crippen LogP contribution in [0.4, 0.5) is 5.69 Å². The van der Waals surface area contributed by atoms with Crippen LogP contribution in [-0.2, 0) is 20.8 Å². The van der Waals surface area contributed by atoms with E-state index in [2.05, 4.69) is 5.32 Å². The molecule has 0 aromatic heterocycles. The molecule has 2 N–H and O–H groups in total. The summed E-state index contributed by atoms with van der Waals surface area (Å²) < 4.78 is 5.40. The zero-order valence-corrected chi connectivity index (χ0v) is 19.6. The average Bonchev–Trinajstić information content (AvgIpc) is 3.34. The maximum Gasteiger partial charge on any atom is 0.325 e. The van der Waals surface area contributed by atoms with Crippen LogP contribution in [0, 0.1) is 11.8 Å². The fraction of sp³-hybridized carbons (Fsp3) is 0.222. The van der Waals surface area contributed by atoms with Gasteiger partial charge in [0.05, 0.1) is 24.6 Å². The number of ether oxygens (including phenoxy) is 1. The summed E-state index contributed by atoms with van der Waals surface area (Å²) in [5.41, 5.74) is -0.129. The summed E-state index contributed by atoms with van der Waals surface area (Å²) in [4.78, 5) is 41.9. The number of carbonyl (C=O) groups excluding carboxylic acids is 2. The largest absolute Gasteiger partial charge is 0.495 e. The molecule has 8 heteroatoms. The standard InChI is InChI=1S/C27H23ClN2O5/c1-35-20-14-8-7-13-19(20)30-24(31)21-22(25(30)32)27(26(33)34,15-16-9-3-2-4-10-16)29-23(21)17-11-5-6-12-18(17)28/h2-14,21-23,29H,15H2,1H3,(H,33,34)/t21-,22-,23-,27+/m0/s1. The predicted molar refractivity (Wildman–Crippen MR) is 130 cm³/mol. The lowest BCUT2D eigenvalue weighted by atomic mass is 9.76. The number of methoxy groups -OCH3 is 1. The maximum absolute atomic E-state index is 14.0. The molecule has 2 aliphatic rings. The highest BCUT2D eigenvalue weighted by Gasteiger charge is 2.69. The molecule has 0 radical (unpaired) electrons. The highest BCUT2D eigenvalue weighted by atomic mass is 35.5. The third-order valence-electron chi connectivity index (χ3n) is 6.93. The summed E-state index contributed by atoms with van der Waals surface area (Å²) in [6.07, 6.45) is 0.0179. The first kappa shape index (κ1) is 23.1. The number of imide groups is 1. The van der Waals surface area contributed by atoms with Gasteiger partial charge in [-0.15, -0.1) is 0 Å². The van der Waals surface area contributed by atoms with Gasteiger partial charge in [0.1, 0.15) is 11.3 Å². The molecule has 2 heterocycles. The van der Waals surface area contributed by atoms with Crippen LogP contribution in [0.1, 0.15) is 17.2 Å². The first-order valence-corrected chi connectivity index (χ1v) is 11.6. The number of aliphatic carboxylic acids is 1. The van der Waals surface area contributed by atoms with Crippen LogP contribution in [0.25, 0.3) is 0 Å². The smallest absolute Gasteiger partial charge is 0.325 e. The van der Waals surface area contributed by atoms with Crippen LogP contribution < -0.4 is 15.0 Å². The second kappa shape index (κ2) is 8.83. The lowest BCUT2D eigenvalue weighted by molar-refractivity contribution is -0.148. The summed E-state index contributed by atoms with van der Waals surface area (Å²) in [5, 5.41) is 14.1. The molecule has 3 aromatic carbocycles. The Bertz CT molecular complexity index is 1310. The maximum atomic E-state index is 14.0. The summed E-state index contributed by atoms with van der Waals surface area (Å²) in [7, 11) is 1.45. The van der Waals surface area contributed by atoms with E-state index in [0.717, 1.165) is 10.5 Å². The number of carboxylic acid groups (broad SMARTS) is 1. The van der Waals surface area contributed by atoms with Gasteiger partial charge < -0.3 is 9.84 Å². The first-order valence-electron chi connectivity index (χ1n) is 11.2. The van der Waals surface area contributed by atoms with Crippen LogP contribution in [0.5, 0.6) is 5.75 Å². The predicted octanol–water partition coefficient (Wildman–Crippen LogP) is 3.86. The second-order valence-corrected chi connectivity index (χ2v) is 9.18. The van der Waals surface area contributed by atoms with Gasteiger partial charge in [0.25, 0.3) is 0 Å². The van der Waals surface area contributed by atoms with E-state index >= 15 is 0 Å². The summed E-state index contributed by atoms with van der Waals surface area (Å²) in [6, 6.07) is 22.0. The average molecular weight is 491 g/mol. The van der Waals surface area contributed by atoms with E-state index in [0.29, 0.717) is 16.3 Å². The van der Waals surface area contributed by atoms with Crippen molar-refractivity contribution in [3.8, 4) is 5.75 Å². The minimum absolute atomic E-state index is 0.0179. The van der Waals surface area contributed by atoms with Gasteiger partial charge in [-0.25, -0.2) is 4.90 Å². The van der Waals surface area contributed by atoms with Crippen LogP contribution in [0.15, 0.2) is 78.9 Å². The number of halogens is 1. The lowest BCUT2D eigenvalue weighted by Crippen LogP contribution is -2.57. The van der Waals surface area contributed by atoms with Gasteiger partial charge in [0, 0.05) is 17.5 Å². The molecule has 2 fully saturated rings. The minimum atomic E-state index is -1.72. The quantitative estimate of drug-likeness (QED) is 0.509. The molecule has 35 heavy (non-hydrogen) atoms. The van der Waals surface area contributed by atoms with Gasteiger partial charge in [-0.05, 0) is 29.3 Å². The number of nitrogens with one attached hydrogen (secondary N) is 1. The number of nitrogens with zero attached hydrogens (tertiary/aromatic N) is 1. The van der Waals surface area contributed by atoms with Crippen molar-refractivity contribution in [3.05, 3.63) is 95.0 Å². The molecule has 0 aliphatic carbocycles. The molecule has 0 saturated carbocycles. The minimum Gasteiger partial charge on any atom is -0.495 e. The normalized spacial score (nSPS) is 25.5. The van der Waals surface area contributed by atoms with Crippen LogP contribution >= 0.6 is 11.6 Å². The third kappa shape index (κ3) is 3.59. The van der Waals surface area contributed by atoms with E-state index < -0.39 is 41.2 Å². The molecule has 0 bridgehead atoms. The highest BCUT2D eigenvalue weighted by Crippen LogP contribution is 2.52. The Kier molecular flexibility index (Phi) is 5.83. The molecule has 4 atom stereocenters. The molecule has 7 nitrogen and oxygen atoms in total. The number of para-hydroxylation sites is 2. The van der Waals surface area contributed by atoms with Crippen LogP contribution in [0.3, 0.4) is 0 Å². The molecule has 178 valence electrons. The Morgan fingerprint density at radius 3 is 2.34 bits per heavy atom. The fourth-order valence-corrected chi connectivity index (χ4v) is 5.66. The van der Waals surface area contributed by atoms with E-state index in [-0.39, 0.29) is 12.1 Å². The van der Waals surface area contributed by atoms with Gasteiger partial charge in [-0.2, -0.15) is 0 Å². The summed E-state index contributed by atoms with van der Waals surface area (Å²) >= 11 is 6.50. The molecule has 2 aliphatic heterocycles. The monoisotopic (exact) mass is 490 g/mol. The van der Waals surface area contributed by atoms with Gasteiger partial charge in [-0.3, -0.25) is 19.7 Å². The van der Waals surface area contributed by atoms with E-state index in [1.807, 2.05) is 30.3 Å². The Morgan fingerprint density at radius 1 is 1.00 bits per heavy atom. The van der Waals surface area contributed by atoms with Crippen molar-refractivity contribution in [3.63, 3.8) is 0 Å². The van der Waals surface area contributed by atoms with E-state index in [4.69, 9.17) is 16.3 Å². The zero-order valence-electron chi connectivity index (χ0n) is 18.9. The molecule has 3 aromatic rings. The van der Waals surface area contributed by atoms with Gasteiger partial charge in [0.15, 0.2) is 0 Å². The molecule has 2 saturated heterocycles. The summed E-state index contributed by atoms with van der Waals surface area (Å²) in [6.45, 7) is 0. The number of carbonyl (C=O) groups is 3. The number of hydrogen-bond donors (Lipinski definition) is 2. The van der Waals surface area contributed by atoms with E-state index in [9.17, 15) is 19.5 Å². The Hall–Kier alpha value is -3.68. The van der Waals surface area contributed by atoms with Crippen LogP contribution in [-0.4, -0.2) is 35.5 Å². The molecule has 2 amide bonds. The number of carboxylic acids is 1. The number of anilines is 1. The van der Waals surface area contributed by atoms with Gasteiger partial charge >= 0.3 is 5.97 Å². The number of rotatable bonds is 6. The zero-order chi connectivity index (χ0) is 24.7.